The van der Waals surface area contributed by atoms with Crippen LogP contribution in [0.25, 0.3) is 20.9 Å². The van der Waals surface area contributed by atoms with E-state index in [1.165, 1.54) is 24.1 Å². The second kappa shape index (κ2) is 7.00. The highest BCUT2D eigenvalue weighted by Crippen LogP contribution is 2.53. The number of pyridine rings is 1. The van der Waals surface area contributed by atoms with Gasteiger partial charge in [0.05, 0.1) is 5.69 Å². The Labute approximate surface area is 158 Å². The molecular weight excluding hydrogens is 336 g/mol. The van der Waals surface area contributed by atoms with Crippen molar-refractivity contribution in [1.82, 2.24) is 9.97 Å². The fraction of sp³-hybridized carbons (Fsp3) is 0.217. The van der Waals surface area contributed by atoms with Gasteiger partial charge in [-0.15, -0.1) is 0 Å². The van der Waals surface area contributed by atoms with Crippen LogP contribution in [-0.2, 0) is 5.41 Å². The lowest BCUT2D eigenvalue weighted by atomic mass is 9.92. The van der Waals surface area contributed by atoms with Gasteiger partial charge >= 0.3 is 0 Å². The Balaban J connectivity index is 0.000000814. The topological polar surface area (TPSA) is 25.8 Å². The summed E-state index contributed by atoms with van der Waals surface area (Å²) in [6, 6.07) is 25.4. The standard InChI is InChI=1S/C21H16N2S.C2H6/c1-3-7-15(8-4-1)19-22-17-11-12-18(23-20(17)24-19)21(13-14-21)16-9-5-2-6-10-16;1-2/h1-12H,13-14H2;1-2H3. The molecule has 0 unspecified atom stereocenters. The van der Waals surface area contributed by atoms with Crippen LogP contribution < -0.4 is 0 Å². The van der Waals surface area contributed by atoms with Gasteiger partial charge in [0, 0.05) is 11.0 Å². The summed E-state index contributed by atoms with van der Waals surface area (Å²) in [6.45, 7) is 4.00. The van der Waals surface area contributed by atoms with Gasteiger partial charge in [0.2, 0.25) is 0 Å². The molecule has 0 spiro atoms. The number of fused-ring (bicyclic) bond motifs is 1. The van der Waals surface area contributed by atoms with E-state index in [-0.39, 0.29) is 5.41 Å². The van der Waals surface area contributed by atoms with E-state index in [0.717, 1.165) is 20.9 Å². The van der Waals surface area contributed by atoms with Crippen LogP contribution in [0.5, 0.6) is 0 Å². The summed E-state index contributed by atoms with van der Waals surface area (Å²) in [7, 11) is 0. The van der Waals surface area contributed by atoms with E-state index in [1.54, 1.807) is 11.3 Å². The lowest BCUT2D eigenvalue weighted by Crippen LogP contribution is -2.10. The fourth-order valence-corrected chi connectivity index (χ4v) is 4.31. The molecule has 0 saturated heterocycles. The lowest BCUT2D eigenvalue weighted by Gasteiger charge is -2.14. The number of rotatable bonds is 3. The Kier molecular flexibility index (Phi) is 4.56. The Hall–Kier alpha value is -2.52. The van der Waals surface area contributed by atoms with Crippen molar-refractivity contribution in [2.24, 2.45) is 0 Å². The van der Waals surface area contributed by atoms with Crippen LogP contribution in [0.4, 0.5) is 0 Å². The summed E-state index contributed by atoms with van der Waals surface area (Å²) in [6.07, 6.45) is 2.36. The van der Waals surface area contributed by atoms with Crippen molar-refractivity contribution in [2.45, 2.75) is 32.1 Å². The fourth-order valence-electron chi connectivity index (χ4n) is 3.36. The third kappa shape index (κ3) is 2.93. The van der Waals surface area contributed by atoms with Crippen molar-refractivity contribution in [3.8, 4) is 10.6 Å². The van der Waals surface area contributed by atoms with Gasteiger partial charge in [0.1, 0.15) is 15.4 Å². The first-order valence-electron chi connectivity index (χ1n) is 9.24. The van der Waals surface area contributed by atoms with Crippen LogP contribution in [0.15, 0.2) is 72.8 Å². The first kappa shape index (κ1) is 16.9. The summed E-state index contributed by atoms with van der Waals surface area (Å²) in [4.78, 5) is 10.8. The van der Waals surface area contributed by atoms with Gasteiger partial charge in [-0.1, -0.05) is 85.8 Å². The highest BCUT2D eigenvalue weighted by Gasteiger charge is 2.47. The third-order valence-corrected chi connectivity index (χ3v) is 5.86. The number of aromatic nitrogens is 2. The van der Waals surface area contributed by atoms with Gasteiger partial charge in [-0.25, -0.2) is 9.97 Å². The number of thiazole rings is 1. The predicted octanol–water partition coefficient (Wildman–Crippen LogP) is 6.46. The predicted molar refractivity (Wildman–Crippen MR) is 111 cm³/mol. The molecule has 1 fully saturated rings. The minimum atomic E-state index is 0.117. The Morgan fingerprint density at radius 3 is 2.08 bits per heavy atom. The summed E-state index contributed by atoms with van der Waals surface area (Å²) in [5.74, 6) is 0. The van der Waals surface area contributed by atoms with E-state index in [1.807, 2.05) is 19.9 Å². The van der Waals surface area contributed by atoms with E-state index in [4.69, 9.17) is 9.97 Å². The SMILES string of the molecule is CC.c1ccc(-c2nc3ccc(C4(c5ccccc5)CC4)nc3s2)cc1. The van der Waals surface area contributed by atoms with E-state index in [0.29, 0.717) is 0 Å². The molecule has 1 saturated carbocycles. The van der Waals surface area contributed by atoms with E-state index >= 15 is 0 Å². The van der Waals surface area contributed by atoms with E-state index in [9.17, 15) is 0 Å². The average Bonchev–Trinajstić information content (AvgIpc) is 3.43. The molecule has 1 aliphatic rings. The minimum absolute atomic E-state index is 0.117. The van der Waals surface area contributed by atoms with Gasteiger partial charge in [-0.05, 0) is 30.5 Å². The monoisotopic (exact) mass is 358 g/mol. The molecule has 1 aliphatic carbocycles. The van der Waals surface area contributed by atoms with Crippen molar-refractivity contribution in [2.75, 3.05) is 0 Å². The minimum Gasteiger partial charge on any atom is -0.239 e. The van der Waals surface area contributed by atoms with Crippen molar-refractivity contribution < 1.29 is 0 Å². The molecule has 130 valence electrons. The zero-order valence-corrected chi connectivity index (χ0v) is 16.0. The number of hydrogen-bond donors (Lipinski definition) is 0. The molecule has 0 bridgehead atoms. The molecule has 4 aromatic rings. The molecule has 0 amide bonds. The van der Waals surface area contributed by atoms with Crippen LogP contribution in [0, 0.1) is 0 Å². The van der Waals surface area contributed by atoms with E-state index < -0.39 is 0 Å². The van der Waals surface area contributed by atoms with Crippen LogP contribution in [0.2, 0.25) is 0 Å². The molecule has 0 radical (unpaired) electrons. The summed E-state index contributed by atoms with van der Waals surface area (Å²) in [5.41, 5.74) is 4.83. The zero-order chi connectivity index (χ0) is 18.0. The summed E-state index contributed by atoms with van der Waals surface area (Å²) < 4.78 is 0. The van der Waals surface area contributed by atoms with Crippen LogP contribution in [-0.4, -0.2) is 9.97 Å². The van der Waals surface area contributed by atoms with Crippen molar-refractivity contribution >= 4 is 21.7 Å². The smallest absolute Gasteiger partial charge is 0.144 e. The molecule has 5 rings (SSSR count). The number of benzene rings is 2. The van der Waals surface area contributed by atoms with Gasteiger partial charge < -0.3 is 0 Å². The normalized spacial score (nSPS) is 14.5. The maximum atomic E-state index is 4.99. The highest BCUT2D eigenvalue weighted by molar-refractivity contribution is 7.21. The first-order chi connectivity index (χ1) is 12.9. The number of hydrogen-bond acceptors (Lipinski definition) is 3. The van der Waals surface area contributed by atoms with Crippen LogP contribution in [0.3, 0.4) is 0 Å². The molecule has 0 aliphatic heterocycles. The van der Waals surface area contributed by atoms with E-state index in [2.05, 4.69) is 66.7 Å². The zero-order valence-electron chi connectivity index (χ0n) is 15.1. The third-order valence-electron chi connectivity index (χ3n) is 4.84. The first-order valence-corrected chi connectivity index (χ1v) is 10.1. The second-order valence-corrected chi connectivity index (χ2v) is 7.33. The second-order valence-electron chi connectivity index (χ2n) is 6.35. The molecule has 0 N–H and O–H groups in total. The molecular formula is C23H22N2S. The molecule has 0 atom stereocenters. The van der Waals surface area contributed by atoms with Crippen LogP contribution >= 0.6 is 11.3 Å². The van der Waals surface area contributed by atoms with Gasteiger partial charge in [0.25, 0.3) is 0 Å². The van der Waals surface area contributed by atoms with Crippen molar-refractivity contribution in [3.05, 3.63) is 84.1 Å². The van der Waals surface area contributed by atoms with Crippen LogP contribution in [0.1, 0.15) is 37.9 Å². The lowest BCUT2D eigenvalue weighted by molar-refractivity contribution is 0.811. The maximum absolute atomic E-state index is 4.99. The molecule has 2 aromatic carbocycles. The van der Waals surface area contributed by atoms with Crippen molar-refractivity contribution in [3.63, 3.8) is 0 Å². The molecule has 2 heterocycles. The number of nitrogens with zero attached hydrogens (tertiary/aromatic N) is 2. The Morgan fingerprint density at radius 2 is 1.42 bits per heavy atom. The van der Waals surface area contributed by atoms with Crippen molar-refractivity contribution in [1.29, 1.82) is 0 Å². The Bertz CT molecular complexity index is 1000. The largest absolute Gasteiger partial charge is 0.239 e. The van der Waals surface area contributed by atoms with Gasteiger partial charge in [-0.2, -0.15) is 0 Å². The molecule has 3 heteroatoms. The molecule has 2 aromatic heterocycles. The Morgan fingerprint density at radius 1 is 0.769 bits per heavy atom. The highest BCUT2D eigenvalue weighted by atomic mass is 32.1. The maximum Gasteiger partial charge on any atom is 0.144 e. The summed E-state index contributed by atoms with van der Waals surface area (Å²) >= 11 is 1.68. The van der Waals surface area contributed by atoms with Gasteiger partial charge in [0.15, 0.2) is 0 Å². The molecule has 26 heavy (non-hydrogen) atoms. The summed E-state index contributed by atoms with van der Waals surface area (Å²) in [5, 5.41) is 1.04. The molecule has 2 nitrogen and oxygen atoms in total. The van der Waals surface area contributed by atoms with Gasteiger partial charge in [-0.3, -0.25) is 0 Å². The average molecular weight is 359 g/mol. The quantitative estimate of drug-likeness (QED) is 0.420.